The summed E-state index contributed by atoms with van der Waals surface area (Å²) in [5.41, 5.74) is 0.844. The summed E-state index contributed by atoms with van der Waals surface area (Å²) < 4.78 is 5.56. The lowest BCUT2D eigenvalue weighted by Gasteiger charge is -2.29. The SMILES string of the molecule is CCCN(c1ccccc1OCC)[C@@H](C)C(=O)O. The van der Waals surface area contributed by atoms with Gasteiger partial charge in [0.15, 0.2) is 0 Å². The van der Waals surface area contributed by atoms with E-state index < -0.39 is 12.0 Å². The first-order valence-corrected chi connectivity index (χ1v) is 6.33. The molecule has 0 bridgehead atoms. The van der Waals surface area contributed by atoms with E-state index in [1.807, 2.05) is 43.0 Å². The molecular weight excluding hydrogens is 230 g/mol. The molecule has 0 saturated carbocycles. The molecule has 0 aliphatic carbocycles. The van der Waals surface area contributed by atoms with Crippen LogP contribution in [0.4, 0.5) is 5.69 Å². The van der Waals surface area contributed by atoms with Crippen LogP contribution < -0.4 is 9.64 Å². The lowest BCUT2D eigenvalue weighted by atomic mass is 10.2. The second-order valence-corrected chi connectivity index (χ2v) is 4.11. The lowest BCUT2D eigenvalue weighted by molar-refractivity contribution is -0.138. The van der Waals surface area contributed by atoms with E-state index in [-0.39, 0.29) is 0 Å². The summed E-state index contributed by atoms with van der Waals surface area (Å²) in [4.78, 5) is 13.0. The number of aliphatic carboxylic acids is 1. The third kappa shape index (κ3) is 3.39. The largest absolute Gasteiger partial charge is 0.492 e. The average Bonchev–Trinajstić information content (AvgIpc) is 2.36. The zero-order valence-corrected chi connectivity index (χ0v) is 11.2. The van der Waals surface area contributed by atoms with E-state index in [2.05, 4.69) is 0 Å². The fourth-order valence-corrected chi connectivity index (χ4v) is 1.87. The van der Waals surface area contributed by atoms with Crippen LogP contribution in [0, 0.1) is 0 Å². The van der Waals surface area contributed by atoms with Crippen LogP contribution in [0.1, 0.15) is 27.2 Å². The Morgan fingerprint density at radius 2 is 2.06 bits per heavy atom. The molecular formula is C14H21NO3. The van der Waals surface area contributed by atoms with Crippen molar-refractivity contribution in [1.82, 2.24) is 0 Å². The second-order valence-electron chi connectivity index (χ2n) is 4.11. The predicted octanol–water partition coefficient (Wildman–Crippen LogP) is 2.77. The van der Waals surface area contributed by atoms with Gasteiger partial charge in [-0.05, 0) is 32.4 Å². The van der Waals surface area contributed by atoms with Crippen molar-refractivity contribution in [2.45, 2.75) is 33.2 Å². The third-order valence-electron chi connectivity index (χ3n) is 2.76. The highest BCUT2D eigenvalue weighted by molar-refractivity contribution is 5.78. The number of hydrogen-bond donors (Lipinski definition) is 1. The number of rotatable bonds is 7. The van der Waals surface area contributed by atoms with Crippen molar-refractivity contribution in [3.8, 4) is 5.75 Å². The van der Waals surface area contributed by atoms with Crippen LogP contribution in [0.5, 0.6) is 5.75 Å². The van der Waals surface area contributed by atoms with Gasteiger partial charge in [-0.25, -0.2) is 4.79 Å². The van der Waals surface area contributed by atoms with E-state index in [4.69, 9.17) is 4.74 Å². The Labute approximate surface area is 108 Å². The molecule has 4 nitrogen and oxygen atoms in total. The molecule has 100 valence electrons. The van der Waals surface area contributed by atoms with Crippen molar-refractivity contribution in [1.29, 1.82) is 0 Å². The Hall–Kier alpha value is -1.71. The first kappa shape index (κ1) is 14.4. The Bertz CT molecular complexity index is 392. The minimum Gasteiger partial charge on any atom is -0.492 e. The molecule has 1 aromatic rings. The molecule has 0 aliphatic rings. The number of carboxylic acids is 1. The maximum absolute atomic E-state index is 11.2. The lowest BCUT2D eigenvalue weighted by Crippen LogP contribution is -2.39. The molecule has 0 radical (unpaired) electrons. The second kappa shape index (κ2) is 6.89. The predicted molar refractivity (Wildman–Crippen MR) is 72.3 cm³/mol. The van der Waals surface area contributed by atoms with Crippen LogP contribution in [-0.2, 0) is 4.79 Å². The van der Waals surface area contributed by atoms with Crippen molar-refractivity contribution in [3.05, 3.63) is 24.3 Å². The first-order chi connectivity index (χ1) is 8.61. The molecule has 0 saturated heterocycles. The van der Waals surface area contributed by atoms with Gasteiger partial charge in [-0.15, -0.1) is 0 Å². The van der Waals surface area contributed by atoms with E-state index in [0.29, 0.717) is 13.2 Å². The van der Waals surface area contributed by atoms with Crippen LogP contribution in [0.25, 0.3) is 0 Å². The molecule has 0 aliphatic heterocycles. The Kier molecular flexibility index (Phi) is 5.49. The van der Waals surface area contributed by atoms with Crippen molar-refractivity contribution < 1.29 is 14.6 Å². The molecule has 0 amide bonds. The van der Waals surface area contributed by atoms with E-state index in [1.54, 1.807) is 6.92 Å². The van der Waals surface area contributed by atoms with Crippen molar-refractivity contribution in [3.63, 3.8) is 0 Å². The smallest absolute Gasteiger partial charge is 0.326 e. The number of carboxylic acid groups (broad SMARTS) is 1. The molecule has 18 heavy (non-hydrogen) atoms. The summed E-state index contributed by atoms with van der Waals surface area (Å²) in [6.07, 6.45) is 0.887. The Morgan fingerprint density at radius 3 is 2.61 bits per heavy atom. The molecule has 0 fully saturated rings. The number of nitrogens with zero attached hydrogens (tertiary/aromatic N) is 1. The quantitative estimate of drug-likeness (QED) is 0.809. The molecule has 1 N–H and O–H groups in total. The summed E-state index contributed by atoms with van der Waals surface area (Å²) in [5, 5.41) is 9.18. The standard InChI is InChI=1S/C14H21NO3/c1-4-10-15(11(3)14(16)17)12-8-6-7-9-13(12)18-5-2/h6-9,11H,4-5,10H2,1-3H3,(H,16,17)/t11-/m0/s1. The number of benzene rings is 1. The maximum Gasteiger partial charge on any atom is 0.326 e. The van der Waals surface area contributed by atoms with Gasteiger partial charge in [-0.1, -0.05) is 19.1 Å². The molecule has 0 aromatic heterocycles. The number of carbonyl (C=O) groups is 1. The normalized spacial score (nSPS) is 11.9. The van der Waals surface area contributed by atoms with Crippen LogP contribution >= 0.6 is 0 Å². The van der Waals surface area contributed by atoms with Crippen LogP contribution in [0.2, 0.25) is 0 Å². The van der Waals surface area contributed by atoms with Gasteiger partial charge in [0.2, 0.25) is 0 Å². The van der Waals surface area contributed by atoms with Gasteiger partial charge >= 0.3 is 5.97 Å². The molecule has 1 atom stereocenters. The molecule has 0 spiro atoms. The number of hydrogen-bond acceptors (Lipinski definition) is 3. The Morgan fingerprint density at radius 1 is 1.39 bits per heavy atom. The minimum absolute atomic E-state index is 0.563. The minimum atomic E-state index is -0.824. The molecule has 0 heterocycles. The number of para-hydroxylation sites is 2. The number of ether oxygens (including phenoxy) is 1. The van der Waals surface area contributed by atoms with E-state index in [1.165, 1.54) is 0 Å². The summed E-state index contributed by atoms with van der Waals surface area (Å²) in [6, 6.07) is 7.00. The zero-order chi connectivity index (χ0) is 13.5. The zero-order valence-electron chi connectivity index (χ0n) is 11.2. The fourth-order valence-electron chi connectivity index (χ4n) is 1.87. The topological polar surface area (TPSA) is 49.8 Å². The van der Waals surface area contributed by atoms with Gasteiger partial charge in [0.05, 0.1) is 12.3 Å². The van der Waals surface area contributed by atoms with Crippen LogP contribution in [0.15, 0.2) is 24.3 Å². The van der Waals surface area contributed by atoms with Crippen molar-refractivity contribution >= 4 is 11.7 Å². The van der Waals surface area contributed by atoms with Crippen molar-refractivity contribution in [2.24, 2.45) is 0 Å². The van der Waals surface area contributed by atoms with Gasteiger partial charge in [0.1, 0.15) is 11.8 Å². The fraction of sp³-hybridized carbons (Fsp3) is 0.500. The van der Waals surface area contributed by atoms with Gasteiger partial charge in [-0.2, -0.15) is 0 Å². The summed E-state index contributed by atoms with van der Waals surface area (Å²) in [5.74, 6) is -0.0868. The van der Waals surface area contributed by atoms with Gasteiger partial charge < -0.3 is 14.7 Å². The van der Waals surface area contributed by atoms with Crippen LogP contribution in [0.3, 0.4) is 0 Å². The van der Waals surface area contributed by atoms with E-state index in [0.717, 1.165) is 17.9 Å². The highest BCUT2D eigenvalue weighted by Crippen LogP contribution is 2.29. The monoisotopic (exact) mass is 251 g/mol. The number of anilines is 1. The van der Waals surface area contributed by atoms with E-state index in [9.17, 15) is 9.90 Å². The van der Waals surface area contributed by atoms with Crippen LogP contribution in [-0.4, -0.2) is 30.3 Å². The molecule has 4 heteroatoms. The molecule has 0 unspecified atom stereocenters. The van der Waals surface area contributed by atoms with Gasteiger partial charge in [0, 0.05) is 6.54 Å². The first-order valence-electron chi connectivity index (χ1n) is 6.33. The average molecular weight is 251 g/mol. The molecule has 1 aromatic carbocycles. The summed E-state index contributed by atoms with van der Waals surface area (Å²) in [6.45, 7) is 6.91. The highest BCUT2D eigenvalue weighted by Gasteiger charge is 2.22. The van der Waals surface area contributed by atoms with Gasteiger partial charge in [0.25, 0.3) is 0 Å². The highest BCUT2D eigenvalue weighted by atomic mass is 16.5. The van der Waals surface area contributed by atoms with Gasteiger partial charge in [-0.3, -0.25) is 0 Å². The molecule has 1 rings (SSSR count). The van der Waals surface area contributed by atoms with Crippen molar-refractivity contribution in [2.75, 3.05) is 18.1 Å². The maximum atomic E-state index is 11.2. The summed E-state index contributed by atoms with van der Waals surface area (Å²) in [7, 11) is 0. The van der Waals surface area contributed by atoms with E-state index >= 15 is 0 Å². The Balaban J connectivity index is 3.08. The third-order valence-corrected chi connectivity index (χ3v) is 2.76. The summed E-state index contributed by atoms with van der Waals surface area (Å²) >= 11 is 0.